The third kappa shape index (κ3) is 5.80. The van der Waals surface area contributed by atoms with Crippen LogP contribution in [0.1, 0.15) is 33.1 Å². The minimum Gasteiger partial charge on any atom is -0.393 e. The van der Waals surface area contributed by atoms with Gasteiger partial charge < -0.3 is 10.8 Å². The highest BCUT2D eigenvalue weighted by Gasteiger charge is 2.03. The highest BCUT2D eigenvalue weighted by molar-refractivity contribution is 4.62. The molecule has 0 aliphatic carbocycles. The lowest BCUT2D eigenvalue weighted by atomic mass is 10.1. The van der Waals surface area contributed by atoms with Crippen LogP contribution in [-0.4, -0.2) is 17.3 Å². The van der Waals surface area contributed by atoms with E-state index in [9.17, 15) is 0 Å². The van der Waals surface area contributed by atoms with Gasteiger partial charge in [0.25, 0.3) is 0 Å². The molecule has 0 aromatic heterocycles. The van der Waals surface area contributed by atoms with Gasteiger partial charge in [0.2, 0.25) is 0 Å². The predicted octanol–water partition coefficient (Wildman–Crippen LogP) is 0.885. The van der Waals surface area contributed by atoms with E-state index in [1.165, 1.54) is 0 Å². The van der Waals surface area contributed by atoms with Crippen molar-refractivity contribution < 1.29 is 5.11 Å². The first kappa shape index (κ1) is 8.92. The first-order valence-corrected chi connectivity index (χ1v) is 3.60. The second kappa shape index (κ2) is 4.77. The molecule has 0 bridgehead atoms. The van der Waals surface area contributed by atoms with E-state index in [2.05, 4.69) is 6.92 Å². The van der Waals surface area contributed by atoms with Crippen molar-refractivity contribution in [1.29, 1.82) is 0 Å². The summed E-state index contributed by atoms with van der Waals surface area (Å²) in [6.07, 6.45) is 2.61. The first-order valence-electron chi connectivity index (χ1n) is 3.60. The molecule has 0 amide bonds. The Bertz CT molecular complexity index is 63.9. The molecule has 2 nitrogen and oxygen atoms in total. The largest absolute Gasteiger partial charge is 0.393 e. The molecular weight excluding hydrogens is 114 g/mol. The van der Waals surface area contributed by atoms with Crippen LogP contribution in [0.5, 0.6) is 0 Å². The fourth-order valence-electron chi connectivity index (χ4n) is 0.927. The summed E-state index contributed by atoms with van der Waals surface area (Å²) in [5.41, 5.74) is 5.63. The Morgan fingerprint density at radius 2 is 2.11 bits per heavy atom. The number of hydrogen-bond acceptors (Lipinski definition) is 2. The maximum absolute atomic E-state index is 8.87. The molecule has 2 heteroatoms. The van der Waals surface area contributed by atoms with Crippen LogP contribution in [-0.2, 0) is 0 Å². The molecule has 0 fully saturated rings. The molecule has 0 radical (unpaired) electrons. The lowest BCUT2D eigenvalue weighted by molar-refractivity contribution is 0.173. The third-order valence-corrected chi connectivity index (χ3v) is 1.30. The van der Waals surface area contributed by atoms with E-state index in [0.29, 0.717) is 0 Å². The summed E-state index contributed by atoms with van der Waals surface area (Å²) < 4.78 is 0. The zero-order chi connectivity index (χ0) is 7.28. The van der Waals surface area contributed by atoms with Gasteiger partial charge in [0.15, 0.2) is 0 Å². The van der Waals surface area contributed by atoms with Gasteiger partial charge in [-0.25, -0.2) is 0 Å². The molecule has 0 saturated heterocycles. The van der Waals surface area contributed by atoms with Gasteiger partial charge in [-0.1, -0.05) is 13.3 Å². The Morgan fingerprint density at radius 3 is 2.44 bits per heavy atom. The number of rotatable bonds is 4. The van der Waals surface area contributed by atoms with Crippen LogP contribution in [0.3, 0.4) is 0 Å². The van der Waals surface area contributed by atoms with Crippen molar-refractivity contribution in [3.63, 3.8) is 0 Å². The van der Waals surface area contributed by atoms with Gasteiger partial charge in [-0.2, -0.15) is 0 Å². The Kier molecular flexibility index (Phi) is 4.72. The molecule has 2 atom stereocenters. The van der Waals surface area contributed by atoms with Crippen LogP contribution < -0.4 is 5.73 Å². The zero-order valence-corrected chi connectivity index (χ0v) is 6.30. The van der Waals surface area contributed by atoms with Crippen LogP contribution in [0, 0.1) is 0 Å². The second-order valence-corrected chi connectivity index (χ2v) is 2.63. The van der Waals surface area contributed by atoms with Gasteiger partial charge >= 0.3 is 0 Å². The van der Waals surface area contributed by atoms with Crippen molar-refractivity contribution in [3.05, 3.63) is 0 Å². The second-order valence-electron chi connectivity index (χ2n) is 2.63. The molecule has 0 aliphatic rings. The highest BCUT2D eigenvalue weighted by Crippen LogP contribution is 2.00. The van der Waals surface area contributed by atoms with Gasteiger partial charge in [0.1, 0.15) is 0 Å². The van der Waals surface area contributed by atoms with E-state index >= 15 is 0 Å². The van der Waals surface area contributed by atoms with E-state index in [0.717, 1.165) is 19.3 Å². The number of nitrogens with two attached hydrogens (primary N) is 1. The molecular formula is C7H17NO. The van der Waals surface area contributed by atoms with Gasteiger partial charge in [-0.05, 0) is 19.8 Å². The standard InChI is InChI=1S/C7H17NO/c1-3-4-7(8)5-6(2)9/h6-7,9H,3-5,8H2,1-2H3. The van der Waals surface area contributed by atoms with E-state index in [1.807, 2.05) is 0 Å². The normalized spacial score (nSPS) is 17.3. The molecule has 3 N–H and O–H groups in total. The Balaban J connectivity index is 3.15. The summed E-state index contributed by atoms with van der Waals surface area (Å²) in [6, 6.07) is 0.190. The van der Waals surface area contributed by atoms with Gasteiger partial charge in [-0.15, -0.1) is 0 Å². The minimum atomic E-state index is -0.244. The fraction of sp³-hybridized carbons (Fsp3) is 1.00. The number of hydrogen-bond donors (Lipinski definition) is 2. The molecule has 0 aliphatic heterocycles. The van der Waals surface area contributed by atoms with Crippen LogP contribution >= 0.6 is 0 Å². The molecule has 9 heavy (non-hydrogen) atoms. The average Bonchev–Trinajstić information content (AvgIpc) is 1.63. The summed E-state index contributed by atoms with van der Waals surface area (Å²) in [5.74, 6) is 0. The molecule has 0 saturated carbocycles. The lowest BCUT2D eigenvalue weighted by Gasteiger charge is -2.10. The summed E-state index contributed by atoms with van der Waals surface area (Å²) >= 11 is 0. The predicted molar refractivity (Wildman–Crippen MR) is 39.2 cm³/mol. The Morgan fingerprint density at radius 1 is 1.56 bits per heavy atom. The van der Waals surface area contributed by atoms with Crippen molar-refractivity contribution in [1.82, 2.24) is 0 Å². The topological polar surface area (TPSA) is 46.2 Å². The quantitative estimate of drug-likeness (QED) is 0.595. The summed E-state index contributed by atoms with van der Waals surface area (Å²) in [5, 5.41) is 8.87. The molecule has 56 valence electrons. The van der Waals surface area contributed by atoms with Crippen molar-refractivity contribution in [2.24, 2.45) is 5.73 Å². The summed E-state index contributed by atoms with van der Waals surface area (Å²) in [7, 11) is 0. The summed E-state index contributed by atoms with van der Waals surface area (Å²) in [4.78, 5) is 0. The van der Waals surface area contributed by atoms with Crippen LogP contribution in [0.4, 0.5) is 0 Å². The molecule has 0 heterocycles. The number of aliphatic hydroxyl groups excluding tert-OH is 1. The van der Waals surface area contributed by atoms with E-state index in [-0.39, 0.29) is 12.1 Å². The third-order valence-electron chi connectivity index (χ3n) is 1.30. The monoisotopic (exact) mass is 131 g/mol. The number of aliphatic hydroxyl groups is 1. The average molecular weight is 131 g/mol. The van der Waals surface area contributed by atoms with Crippen molar-refractivity contribution in [2.75, 3.05) is 0 Å². The Hall–Kier alpha value is -0.0800. The van der Waals surface area contributed by atoms with Crippen LogP contribution in [0.25, 0.3) is 0 Å². The van der Waals surface area contributed by atoms with E-state index < -0.39 is 0 Å². The van der Waals surface area contributed by atoms with Crippen molar-refractivity contribution in [3.8, 4) is 0 Å². The maximum atomic E-state index is 8.87. The van der Waals surface area contributed by atoms with Gasteiger partial charge in [0.05, 0.1) is 6.10 Å². The highest BCUT2D eigenvalue weighted by atomic mass is 16.3. The van der Waals surface area contributed by atoms with Crippen LogP contribution in [0.15, 0.2) is 0 Å². The fourth-order valence-corrected chi connectivity index (χ4v) is 0.927. The van der Waals surface area contributed by atoms with Crippen molar-refractivity contribution >= 4 is 0 Å². The van der Waals surface area contributed by atoms with E-state index in [4.69, 9.17) is 10.8 Å². The molecule has 0 aromatic rings. The first-order chi connectivity index (χ1) is 4.16. The smallest absolute Gasteiger partial charge is 0.0526 e. The maximum Gasteiger partial charge on any atom is 0.0526 e. The molecule has 0 rings (SSSR count). The SMILES string of the molecule is CCCC(N)CC(C)O. The lowest BCUT2D eigenvalue weighted by Crippen LogP contribution is -2.24. The molecule has 2 unspecified atom stereocenters. The van der Waals surface area contributed by atoms with E-state index in [1.54, 1.807) is 6.92 Å². The minimum absolute atomic E-state index is 0.190. The zero-order valence-electron chi connectivity index (χ0n) is 6.30. The molecule has 0 spiro atoms. The Labute approximate surface area is 57.1 Å². The molecule has 0 aromatic carbocycles. The summed E-state index contributed by atoms with van der Waals surface area (Å²) in [6.45, 7) is 3.87. The van der Waals surface area contributed by atoms with Gasteiger partial charge in [0, 0.05) is 6.04 Å². The van der Waals surface area contributed by atoms with Crippen molar-refractivity contribution in [2.45, 2.75) is 45.3 Å². The van der Waals surface area contributed by atoms with Gasteiger partial charge in [-0.3, -0.25) is 0 Å². The van der Waals surface area contributed by atoms with Crippen LogP contribution in [0.2, 0.25) is 0 Å².